The minimum atomic E-state index is 0.412. The molecule has 0 aliphatic heterocycles. The molecule has 2 nitrogen and oxygen atoms in total. The van der Waals surface area contributed by atoms with Crippen LogP contribution in [-0.4, -0.2) is 11.1 Å². The second kappa shape index (κ2) is 3.13. The molecule has 64 valence electrons. The third kappa shape index (κ3) is 1.58. The molecule has 1 aromatic heterocycles. The van der Waals surface area contributed by atoms with Crippen LogP contribution in [0.2, 0.25) is 0 Å². The Morgan fingerprint density at radius 1 is 1.42 bits per heavy atom. The van der Waals surface area contributed by atoms with Gasteiger partial charge in [-0.25, -0.2) is 4.98 Å². The highest BCUT2D eigenvalue weighted by atomic mass is 16.5. The van der Waals surface area contributed by atoms with Crippen LogP contribution in [0.4, 0.5) is 0 Å². The number of ether oxygens (including phenoxy) is 1. The molecule has 12 heavy (non-hydrogen) atoms. The molecule has 2 heteroatoms. The summed E-state index contributed by atoms with van der Waals surface area (Å²) >= 11 is 0. The van der Waals surface area contributed by atoms with Crippen molar-refractivity contribution in [2.45, 2.75) is 25.9 Å². The summed E-state index contributed by atoms with van der Waals surface area (Å²) in [5, 5.41) is 0. The van der Waals surface area contributed by atoms with Crippen molar-refractivity contribution in [3.63, 3.8) is 0 Å². The molecular weight excluding hydrogens is 150 g/mol. The molecule has 0 saturated heterocycles. The highest BCUT2D eigenvalue weighted by molar-refractivity contribution is 5.10. The quantitative estimate of drug-likeness (QED) is 0.667. The van der Waals surface area contributed by atoms with Crippen molar-refractivity contribution < 1.29 is 4.74 Å². The number of hydrogen-bond acceptors (Lipinski definition) is 2. The first-order valence-corrected chi connectivity index (χ1v) is 4.42. The van der Waals surface area contributed by atoms with E-state index < -0.39 is 0 Å². The van der Waals surface area contributed by atoms with Gasteiger partial charge in [0.05, 0.1) is 0 Å². The van der Waals surface area contributed by atoms with Crippen LogP contribution in [0, 0.1) is 5.92 Å². The van der Waals surface area contributed by atoms with Gasteiger partial charge < -0.3 is 4.74 Å². The molecule has 1 aliphatic rings. The van der Waals surface area contributed by atoms with Gasteiger partial charge in [-0.1, -0.05) is 13.0 Å². The van der Waals surface area contributed by atoms with E-state index in [1.165, 1.54) is 12.8 Å². The molecule has 1 aromatic rings. The van der Waals surface area contributed by atoms with E-state index in [4.69, 9.17) is 4.74 Å². The summed E-state index contributed by atoms with van der Waals surface area (Å²) < 4.78 is 5.61. The Morgan fingerprint density at radius 2 is 2.25 bits per heavy atom. The number of aromatic nitrogens is 1. The van der Waals surface area contributed by atoms with E-state index in [1.807, 2.05) is 18.2 Å². The van der Waals surface area contributed by atoms with Gasteiger partial charge in [0.1, 0.15) is 6.10 Å². The standard InChI is InChI=1S/C10H13NO/c1-8-6-9(7-8)12-10-4-2-3-5-11-10/h2-5,8-9H,6-7H2,1H3. The van der Waals surface area contributed by atoms with Crippen molar-refractivity contribution in [3.05, 3.63) is 24.4 Å². The minimum absolute atomic E-state index is 0.412. The fourth-order valence-corrected chi connectivity index (χ4v) is 1.51. The lowest BCUT2D eigenvalue weighted by atomic mass is 9.84. The van der Waals surface area contributed by atoms with Crippen LogP contribution in [0.1, 0.15) is 19.8 Å². The van der Waals surface area contributed by atoms with Crippen molar-refractivity contribution in [2.75, 3.05) is 0 Å². The summed E-state index contributed by atoms with van der Waals surface area (Å²) in [4.78, 5) is 4.10. The van der Waals surface area contributed by atoms with Crippen molar-refractivity contribution >= 4 is 0 Å². The second-order valence-electron chi connectivity index (χ2n) is 3.48. The van der Waals surface area contributed by atoms with Gasteiger partial charge in [0, 0.05) is 12.3 Å². The smallest absolute Gasteiger partial charge is 0.213 e. The first kappa shape index (κ1) is 7.59. The van der Waals surface area contributed by atoms with Gasteiger partial charge in [-0.15, -0.1) is 0 Å². The summed E-state index contributed by atoms with van der Waals surface area (Å²) in [6.07, 6.45) is 4.53. The number of rotatable bonds is 2. The lowest BCUT2D eigenvalue weighted by molar-refractivity contribution is 0.0696. The zero-order valence-electron chi connectivity index (χ0n) is 7.23. The lowest BCUT2D eigenvalue weighted by Crippen LogP contribution is -2.32. The van der Waals surface area contributed by atoms with Crippen LogP contribution in [0.3, 0.4) is 0 Å². The summed E-state index contributed by atoms with van der Waals surface area (Å²) in [5.41, 5.74) is 0. The normalized spacial score (nSPS) is 27.8. The van der Waals surface area contributed by atoms with E-state index in [9.17, 15) is 0 Å². The average molecular weight is 163 g/mol. The fourth-order valence-electron chi connectivity index (χ4n) is 1.51. The maximum Gasteiger partial charge on any atom is 0.213 e. The summed E-state index contributed by atoms with van der Waals surface area (Å²) in [7, 11) is 0. The predicted molar refractivity (Wildman–Crippen MR) is 47.1 cm³/mol. The monoisotopic (exact) mass is 163 g/mol. The van der Waals surface area contributed by atoms with Crippen LogP contribution < -0.4 is 4.74 Å². The molecule has 1 saturated carbocycles. The van der Waals surface area contributed by atoms with Crippen molar-refractivity contribution in [1.82, 2.24) is 4.98 Å². The Morgan fingerprint density at radius 3 is 2.83 bits per heavy atom. The average Bonchev–Trinajstić information content (AvgIpc) is 2.04. The van der Waals surface area contributed by atoms with E-state index in [1.54, 1.807) is 6.20 Å². The van der Waals surface area contributed by atoms with Crippen molar-refractivity contribution in [1.29, 1.82) is 0 Å². The van der Waals surface area contributed by atoms with Crippen LogP contribution >= 0.6 is 0 Å². The molecule has 2 rings (SSSR count). The third-order valence-corrected chi connectivity index (χ3v) is 2.26. The van der Waals surface area contributed by atoms with Gasteiger partial charge in [0.15, 0.2) is 0 Å². The van der Waals surface area contributed by atoms with Crippen LogP contribution in [0.5, 0.6) is 5.88 Å². The van der Waals surface area contributed by atoms with E-state index in [0.717, 1.165) is 11.8 Å². The molecule has 1 fully saturated rings. The molecule has 0 N–H and O–H groups in total. The molecule has 0 amide bonds. The maximum absolute atomic E-state index is 5.61. The second-order valence-corrected chi connectivity index (χ2v) is 3.48. The first-order chi connectivity index (χ1) is 5.84. The van der Waals surface area contributed by atoms with Gasteiger partial charge >= 0.3 is 0 Å². The molecule has 1 heterocycles. The predicted octanol–water partition coefficient (Wildman–Crippen LogP) is 2.26. The Hall–Kier alpha value is -1.05. The Labute approximate surface area is 72.6 Å². The highest BCUT2D eigenvalue weighted by Crippen LogP contribution is 2.29. The molecule has 0 unspecified atom stereocenters. The molecule has 0 atom stereocenters. The fraction of sp³-hybridized carbons (Fsp3) is 0.500. The van der Waals surface area contributed by atoms with Crippen LogP contribution in [0.25, 0.3) is 0 Å². The zero-order valence-corrected chi connectivity index (χ0v) is 7.23. The Balaban J connectivity index is 1.88. The molecule has 0 bridgehead atoms. The third-order valence-electron chi connectivity index (χ3n) is 2.26. The minimum Gasteiger partial charge on any atom is -0.474 e. The zero-order chi connectivity index (χ0) is 8.39. The van der Waals surface area contributed by atoms with E-state index in [2.05, 4.69) is 11.9 Å². The molecular formula is C10H13NO. The summed E-state index contributed by atoms with van der Waals surface area (Å²) in [6, 6.07) is 5.75. The van der Waals surface area contributed by atoms with Crippen molar-refractivity contribution in [2.24, 2.45) is 5.92 Å². The summed E-state index contributed by atoms with van der Waals surface area (Å²) in [6.45, 7) is 2.25. The topological polar surface area (TPSA) is 22.1 Å². The Kier molecular flexibility index (Phi) is 1.98. The maximum atomic E-state index is 5.61. The molecule has 0 aromatic carbocycles. The first-order valence-electron chi connectivity index (χ1n) is 4.42. The van der Waals surface area contributed by atoms with E-state index in [0.29, 0.717) is 6.10 Å². The molecule has 1 aliphatic carbocycles. The number of nitrogens with zero attached hydrogens (tertiary/aromatic N) is 1. The van der Waals surface area contributed by atoms with Gasteiger partial charge in [-0.3, -0.25) is 0 Å². The van der Waals surface area contributed by atoms with Gasteiger partial charge in [0.2, 0.25) is 5.88 Å². The Bertz CT molecular complexity index is 241. The summed E-state index contributed by atoms with van der Waals surface area (Å²) in [5.74, 6) is 1.59. The van der Waals surface area contributed by atoms with Gasteiger partial charge in [0.25, 0.3) is 0 Å². The lowest BCUT2D eigenvalue weighted by Gasteiger charge is -2.32. The SMILES string of the molecule is CC1CC(Oc2ccccn2)C1. The highest BCUT2D eigenvalue weighted by Gasteiger charge is 2.27. The number of hydrogen-bond donors (Lipinski definition) is 0. The molecule has 0 radical (unpaired) electrons. The largest absolute Gasteiger partial charge is 0.474 e. The van der Waals surface area contributed by atoms with Crippen LogP contribution in [0.15, 0.2) is 24.4 Å². The van der Waals surface area contributed by atoms with E-state index in [-0.39, 0.29) is 0 Å². The number of pyridine rings is 1. The van der Waals surface area contributed by atoms with Crippen LogP contribution in [-0.2, 0) is 0 Å². The van der Waals surface area contributed by atoms with Gasteiger partial charge in [-0.2, -0.15) is 0 Å². The molecule has 0 spiro atoms. The van der Waals surface area contributed by atoms with E-state index >= 15 is 0 Å². The van der Waals surface area contributed by atoms with Crippen molar-refractivity contribution in [3.8, 4) is 5.88 Å². The van der Waals surface area contributed by atoms with Gasteiger partial charge in [-0.05, 0) is 24.8 Å².